The van der Waals surface area contributed by atoms with Gasteiger partial charge in [0.15, 0.2) is 26.4 Å². The molecule has 571 valence electrons. The first-order valence-corrected chi connectivity index (χ1v) is 28.5. The molecule has 99 heavy (non-hydrogen) atoms. The molecule has 0 saturated heterocycles. The number of aliphatic hydroxyl groups excluding tert-OH is 20. The average molecular weight is 1590 g/mol. The number of aliphatic carboxylic acids is 3. The molecule has 0 heterocycles. The maximum Gasteiger partial charge on any atom is 3.00 e. The van der Waals surface area contributed by atoms with Gasteiger partial charge < -0.3 is 167 Å². The van der Waals surface area contributed by atoms with E-state index in [-0.39, 0.29) is 45.4 Å². The van der Waals surface area contributed by atoms with Crippen molar-refractivity contribution in [1.29, 1.82) is 0 Å². The van der Waals surface area contributed by atoms with E-state index in [1.54, 1.807) is 0 Å². The summed E-state index contributed by atoms with van der Waals surface area (Å²) in [6.45, 7) is -17.9. The summed E-state index contributed by atoms with van der Waals surface area (Å²) in [5.74, 6) is -12.4. The molecule has 16 atom stereocenters. The molecule has 0 aliphatic heterocycles. The minimum Gasteiger partial charge on any atom is -0.549 e. The number of hydrogen-bond donors (Lipinski definition) is 22. The van der Waals surface area contributed by atoms with Crippen molar-refractivity contribution in [1.82, 2.24) is 35.1 Å². The normalized spacial score (nSPS) is 16.7. The van der Waals surface area contributed by atoms with Crippen LogP contribution in [0.25, 0.3) is 0 Å². The molecule has 0 aromatic rings. The summed E-state index contributed by atoms with van der Waals surface area (Å²) in [6, 6.07) is 0. The van der Waals surface area contributed by atoms with Gasteiger partial charge in [-0.25, -0.2) is 0 Å². The number of oxime groups is 4. The van der Waals surface area contributed by atoms with Crippen LogP contribution in [-0.2, 0) is 62.5 Å². The molecule has 49 heteroatoms. The number of nitrogens with one attached hydrogen (secondary N) is 2. The first-order chi connectivity index (χ1) is 45.6. The summed E-state index contributed by atoms with van der Waals surface area (Å²) in [5.41, 5.74) is 0. The summed E-state index contributed by atoms with van der Waals surface area (Å²) in [5, 5.41) is 245. The number of carboxylic acids is 3. The fourth-order valence-corrected chi connectivity index (χ4v) is 7.33. The van der Waals surface area contributed by atoms with Gasteiger partial charge in [-0.05, 0) is 0 Å². The molecular formula is C50H86GdN11O37. The number of carbonyl (C=O) groups is 9. The van der Waals surface area contributed by atoms with Crippen molar-refractivity contribution in [2.75, 3.05) is 138 Å². The summed E-state index contributed by atoms with van der Waals surface area (Å²) < 4.78 is 0. The molecule has 0 aromatic carbocycles. The zero-order chi connectivity index (χ0) is 74.1. The quantitative estimate of drug-likeness (QED) is 0.0199. The van der Waals surface area contributed by atoms with E-state index in [1.807, 2.05) is 0 Å². The van der Waals surface area contributed by atoms with E-state index in [0.717, 1.165) is 14.7 Å². The van der Waals surface area contributed by atoms with Crippen LogP contribution in [0.3, 0.4) is 0 Å². The smallest absolute Gasteiger partial charge is 0.549 e. The Bertz CT molecular complexity index is 2240. The van der Waals surface area contributed by atoms with Crippen LogP contribution in [-0.4, -0.2) is 446 Å². The Kier molecular flexibility index (Phi) is 52.6. The Hall–Kier alpha value is -6.13. The molecule has 0 aliphatic carbocycles. The minimum atomic E-state index is -2.15. The zero-order valence-electron chi connectivity index (χ0n) is 52.3. The number of nitrogens with zero attached hydrogens (tertiary/aromatic N) is 9. The van der Waals surface area contributed by atoms with Crippen molar-refractivity contribution in [2.45, 2.75) is 97.7 Å². The van der Waals surface area contributed by atoms with Crippen LogP contribution >= 0.6 is 0 Å². The van der Waals surface area contributed by atoms with Crippen molar-refractivity contribution in [3.05, 3.63) is 0 Å². The average Bonchev–Trinajstić information content (AvgIpc) is 0.948. The van der Waals surface area contributed by atoms with E-state index in [1.165, 1.54) is 0 Å². The Morgan fingerprint density at radius 2 is 0.556 bits per heavy atom. The number of aliphatic hydroxyl groups is 20. The third-order valence-corrected chi connectivity index (χ3v) is 12.8. The molecule has 0 spiro atoms. The third-order valence-electron chi connectivity index (χ3n) is 12.8. The standard InChI is InChI=1S/C50H87N11O36.Gd.H2O/c62-18-30(70)47(90)43(86)26(66)9-53-94-22-36(76)60(37(77)23-95-54-10-27(67)44(87)48(91)31(71)19-63)3-1-51-34(74)13-58(16-41(82)83)7-5-57(15-40(80)81)6-8-59(17-42(84)85)14-35(75)52-2-4-61(38(78)24-96-55-11-28(68)45(88)49(92)32(72)20-64)39(79)25-97-56-12-29(69)46(89)50(93)33(73)21-65;;/h9-12,26-33,43-50,62-73,86-93H,1-8,13-25H2,(H,51,74)(H,52,75)(H,80,81)(H,82,83)(H,84,85);;1H2/q;+3;/p-3/b53-9+,54-10+,55-11+,56-12+;;/t26?,27?,28?,29?,30?,31?,32?,33?,43-,44-,45-,46+,47+,48?,49+,50+;;/m0../s1. The van der Waals surface area contributed by atoms with Crippen molar-refractivity contribution in [3.63, 3.8) is 0 Å². The van der Waals surface area contributed by atoms with E-state index in [4.69, 9.17) is 39.8 Å². The Morgan fingerprint density at radius 3 is 0.768 bits per heavy atom. The SMILES string of the molecule is O.O=C([O-])CN(CCN(CC(=O)[O-])CC(=O)NCCN(C(=O)CO/N=C/C(O)[C@H](O)C(O)C(O)CO)C(=O)CO/N=C/C(O)[C@H](O)[C@H](O)C(O)CO)CCN(CC(=O)[O-])CC(=O)NCCN(C(=O)CO/N=C/C(O)[C@@H](O)[C@H](O)C(O)CO)C(=O)CO/N=C/C(O)[C@H](O)[C@H](O)C(O)CO.[Gd+3]. The van der Waals surface area contributed by atoms with Gasteiger partial charge in [0.1, 0.15) is 97.7 Å². The molecule has 48 nitrogen and oxygen atoms in total. The Balaban J connectivity index is -0.0000461. The largest absolute Gasteiger partial charge is 3.00 e. The number of imide groups is 2. The van der Waals surface area contributed by atoms with Crippen LogP contribution in [0, 0.1) is 39.9 Å². The zero-order valence-corrected chi connectivity index (χ0v) is 54.5. The molecule has 1 radical (unpaired) electrons. The van der Waals surface area contributed by atoms with Crippen molar-refractivity contribution in [2.24, 2.45) is 20.6 Å². The fourth-order valence-electron chi connectivity index (χ4n) is 7.33. The van der Waals surface area contributed by atoms with E-state index in [0.29, 0.717) is 34.7 Å². The van der Waals surface area contributed by atoms with Crippen LogP contribution in [0.15, 0.2) is 20.6 Å². The fraction of sp³-hybridized carbons (Fsp3) is 0.740. The molecule has 0 bridgehead atoms. The first-order valence-electron chi connectivity index (χ1n) is 28.5. The predicted octanol–water partition coefficient (Wildman–Crippen LogP) is -23.0. The van der Waals surface area contributed by atoms with Crippen molar-refractivity contribution < 1.29 is 225 Å². The number of amides is 6. The van der Waals surface area contributed by atoms with Crippen LogP contribution in [0.1, 0.15) is 0 Å². The van der Waals surface area contributed by atoms with E-state index in [2.05, 4.69) is 31.3 Å². The molecule has 0 rings (SSSR count). The Morgan fingerprint density at radius 1 is 0.343 bits per heavy atom. The van der Waals surface area contributed by atoms with Gasteiger partial charge in [0.2, 0.25) is 11.8 Å². The monoisotopic (exact) mass is 1590 g/mol. The van der Waals surface area contributed by atoms with Gasteiger partial charge in [0, 0.05) is 72.0 Å². The van der Waals surface area contributed by atoms with Gasteiger partial charge in [0.05, 0.1) is 82.3 Å². The van der Waals surface area contributed by atoms with Crippen LogP contribution in [0.2, 0.25) is 0 Å². The predicted molar refractivity (Wildman–Crippen MR) is 310 cm³/mol. The summed E-state index contributed by atoms with van der Waals surface area (Å²) >= 11 is 0. The third kappa shape index (κ3) is 40.2. The number of rotatable bonds is 54. The first kappa shape index (κ1) is 97.1. The molecule has 0 saturated carbocycles. The van der Waals surface area contributed by atoms with Crippen molar-refractivity contribution >= 4 is 78.2 Å². The van der Waals surface area contributed by atoms with Gasteiger partial charge in [-0.2, -0.15) is 0 Å². The van der Waals surface area contributed by atoms with E-state index >= 15 is 0 Å². The number of carboxylic acid groups (broad SMARTS) is 3. The van der Waals surface area contributed by atoms with E-state index in [9.17, 15) is 140 Å². The van der Waals surface area contributed by atoms with Crippen molar-refractivity contribution in [3.8, 4) is 0 Å². The topological polar surface area (TPSA) is 786 Å². The van der Waals surface area contributed by atoms with Gasteiger partial charge in [-0.1, -0.05) is 20.6 Å². The second-order valence-electron chi connectivity index (χ2n) is 20.4. The summed E-state index contributed by atoms with van der Waals surface area (Å²) in [7, 11) is 0. The number of carbonyl (C=O) groups excluding carboxylic acids is 9. The van der Waals surface area contributed by atoms with Gasteiger partial charge in [-0.15, -0.1) is 0 Å². The molecule has 0 aromatic heterocycles. The van der Waals surface area contributed by atoms with Gasteiger partial charge in [0.25, 0.3) is 23.6 Å². The molecule has 9 unspecified atom stereocenters. The van der Waals surface area contributed by atoms with Gasteiger partial charge in [-0.3, -0.25) is 53.3 Å². The van der Waals surface area contributed by atoms with Crippen LogP contribution < -0.4 is 26.0 Å². The van der Waals surface area contributed by atoms with Crippen LogP contribution in [0.5, 0.6) is 0 Å². The number of hydrogen-bond acceptors (Lipinski definition) is 43. The Labute approximate surface area is 592 Å². The van der Waals surface area contributed by atoms with E-state index < -0.39 is 289 Å². The maximum atomic E-state index is 13.2. The molecule has 0 fully saturated rings. The second kappa shape index (κ2) is 53.7. The van der Waals surface area contributed by atoms with Crippen LogP contribution in [0.4, 0.5) is 0 Å². The minimum absolute atomic E-state index is 0. The molecular weight excluding hydrogens is 1500 g/mol. The molecule has 0 aliphatic rings. The summed E-state index contributed by atoms with van der Waals surface area (Å²) in [6.07, 6.45) is -31.1. The molecule has 24 N–H and O–H groups in total. The maximum absolute atomic E-state index is 13.2. The second-order valence-corrected chi connectivity index (χ2v) is 20.4. The van der Waals surface area contributed by atoms with Gasteiger partial charge >= 0.3 is 39.9 Å². The summed E-state index contributed by atoms with van der Waals surface area (Å²) in [4.78, 5) is 137. The molecule has 6 amide bonds.